The van der Waals surface area contributed by atoms with Gasteiger partial charge in [-0.25, -0.2) is 4.39 Å². The van der Waals surface area contributed by atoms with Crippen molar-refractivity contribution in [2.24, 2.45) is 5.92 Å². The van der Waals surface area contributed by atoms with Gasteiger partial charge in [0.05, 0.1) is 0 Å². The number of nitrogens with zero attached hydrogens (tertiary/aromatic N) is 1. The average molecular weight is 285 g/mol. The lowest BCUT2D eigenvalue weighted by molar-refractivity contribution is 0.190. The Hall–Kier alpha value is -0.640. The molecule has 0 bridgehead atoms. The summed E-state index contributed by atoms with van der Waals surface area (Å²) in [5, 5.41) is 3.81. The van der Waals surface area contributed by atoms with Crippen LogP contribution in [0.2, 0.25) is 5.02 Å². The van der Waals surface area contributed by atoms with Gasteiger partial charge in [-0.1, -0.05) is 24.6 Å². The maximum atomic E-state index is 13.6. The molecule has 0 saturated carbocycles. The maximum absolute atomic E-state index is 13.6. The van der Waals surface area contributed by atoms with Gasteiger partial charge in [-0.3, -0.25) is 0 Å². The minimum Gasteiger partial charge on any atom is -0.312 e. The van der Waals surface area contributed by atoms with Crippen LogP contribution < -0.4 is 5.32 Å². The van der Waals surface area contributed by atoms with Crippen LogP contribution in [0.15, 0.2) is 18.2 Å². The van der Waals surface area contributed by atoms with E-state index < -0.39 is 0 Å². The smallest absolute Gasteiger partial charge is 0.129 e. The number of halogens is 2. The van der Waals surface area contributed by atoms with Crippen LogP contribution in [0.5, 0.6) is 0 Å². The summed E-state index contributed by atoms with van der Waals surface area (Å²) in [6, 6.07) is 4.87. The molecule has 2 rings (SSSR count). The van der Waals surface area contributed by atoms with Crippen molar-refractivity contribution in [3.8, 4) is 0 Å². The molecule has 106 valence electrons. The van der Waals surface area contributed by atoms with Gasteiger partial charge in [0, 0.05) is 17.1 Å². The normalized spacial score (nSPS) is 17.8. The molecule has 0 atom stereocenters. The van der Waals surface area contributed by atoms with Crippen molar-refractivity contribution >= 4 is 11.6 Å². The Bertz CT molecular complexity index is 403. The Morgan fingerprint density at radius 3 is 2.74 bits per heavy atom. The molecule has 0 aromatic heterocycles. The van der Waals surface area contributed by atoms with Crippen molar-refractivity contribution in [3.05, 3.63) is 34.6 Å². The van der Waals surface area contributed by atoms with Crippen molar-refractivity contribution in [3.63, 3.8) is 0 Å². The van der Waals surface area contributed by atoms with E-state index >= 15 is 0 Å². The number of hydrogen-bond donors (Lipinski definition) is 1. The lowest BCUT2D eigenvalue weighted by atomic mass is 9.97. The molecule has 1 heterocycles. The third-order valence-electron chi connectivity index (χ3n) is 3.92. The lowest BCUT2D eigenvalue weighted by Gasteiger charge is -2.31. The molecule has 0 amide bonds. The number of nitrogens with one attached hydrogen (secondary N) is 1. The standard InChI is InChI=1S/C15H22ClFN2/c1-2-19-7-5-12(6-8-19)10-18-11-13-3-4-14(16)9-15(13)17/h3-4,9,12,18H,2,5-8,10-11H2,1H3. The summed E-state index contributed by atoms with van der Waals surface area (Å²) in [5.41, 5.74) is 0.690. The first-order chi connectivity index (χ1) is 9.19. The Morgan fingerprint density at radius 2 is 2.11 bits per heavy atom. The molecule has 0 unspecified atom stereocenters. The fraction of sp³-hybridized carbons (Fsp3) is 0.600. The molecule has 1 saturated heterocycles. The van der Waals surface area contributed by atoms with Gasteiger partial charge < -0.3 is 10.2 Å². The van der Waals surface area contributed by atoms with Crippen molar-refractivity contribution in [2.75, 3.05) is 26.2 Å². The molecule has 1 aromatic carbocycles. The van der Waals surface area contributed by atoms with Gasteiger partial charge >= 0.3 is 0 Å². The summed E-state index contributed by atoms with van der Waals surface area (Å²) in [5.74, 6) is 0.499. The second-order valence-electron chi connectivity index (χ2n) is 5.24. The topological polar surface area (TPSA) is 15.3 Å². The van der Waals surface area contributed by atoms with Crippen LogP contribution in [0.25, 0.3) is 0 Å². The molecular formula is C15H22ClFN2. The second-order valence-corrected chi connectivity index (χ2v) is 5.68. The molecule has 1 aliphatic rings. The zero-order valence-electron chi connectivity index (χ0n) is 11.5. The molecule has 2 nitrogen and oxygen atoms in total. The Balaban J connectivity index is 1.72. The van der Waals surface area contributed by atoms with Crippen LogP contribution in [0.4, 0.5) is 4.39 Å². The third-order valence-corrected chi connectivity index (χ3v) is 4.15. The van der Waals surface area contributed by atoms with E-state index in [0.717, 1.165) is 19.0 Å². The van der Waals surface area contributed by atoms with Crippen molar-refractivity contribution in [2.45, 2.75) is 26.3 Å². The Labute approximate surface area is 119 Å². The van der Waals surface area contributed by atoms with Crippen LogP contribution in [0.1, 0.15) is 25.3 Å². The first-order valence-corrected chi connectivity index (χ1v) is 7.44. The molecule has 1 fully saturated rings. The number of hydrogen-bond acceptors (Lipinski definition) is 2. The Kier molecular flexibility index (Phi) is 5.61. The molecule has 1 aromatic rings. The molecule has 19 heavy (non-hydrogen) atoms. The highest BCUT2D eigenvalue weighted by Crippen LogP contribution is 2.17. The van der Waals surface area contributed by atoms with E-state index in [1.165, 1.54) is 32.0 Å². The van der Waals surface area contributed by atoms with E-state index in [1.807, 2.05) is 0 Å². The van der Waals surface area contributed by atoms with Crippen molar-refractivity contribution < 1.29 is 4.39 Å². The molecular weight excluding hydrogens is 263 g/mol. The SMILES string of the molecule is CCN1CCC(CNCc2ccc(Cl)cc2F)CC1. The van der Waals surface area contributed by atoms with Gasteiger partial charge in [-0.05, 0) is 57.1 Å². The highest BCUT2D eigenvalue weighted by atomic mass is 35.5. The predicted molar refractivity (Wildman–Crippen MR) is 78.0 cm³/mol. The summed E-state index contributed by atoms with van der Waals surface area (Å²) in [4.78, 5) is 2.48. The summed E-state index contributed by atoms with van der Waals surface area (Å²) >= 11 is 5.74. The fourth-order valence-corrected chi connectivity index (χ4v) is 2.74. The van der Waals surface area contributed by atoms with Crippen molar-refractivity contribution in [1.29, 1.82) is 0 Å². The van der Waals surface area contributed by atoms with Crippen LogP contribution >= 0.6 is 11.6 Å². The summed E-state index contributed by atoms with van der Waals surface area (Å²) in [7, 11) is 0. The minimum absolute atomic E-state index is 0.221. The predicted octanol–water partition coefficient (Wildman–Crippen LogP) is 3.30. The zero-order valence-corrected chi connectivity index (χ0v) is 12.2. The number of likely N-dealkylation sites (tertiary alicyclic amines) is 1. The first kappa shape index (κ1) is 14.8. The average Bonchev–Trinajstić information content (AvgIpc) is 2.42. The van der Waals surface area contributed by atoms with Gasteiger partial charge in [0.15, 0.2) is 0 Å². The molecule has 1 aliphatic heterocycles. The first-order valence-electron chi connectivity index (χ1n) is 7.06. The van der Waals surface area contributed by atoms with Crippen LogP contribution in [0.3, 0.4) is 0 Å². The molecule has 0 aliphatic carbocycles. The van der Waals surface area contributed by atoms with Gasteiger partial charge in [0.1, 0.15) is 5.82 Å². The molecule has 0 radical (unpaired) electrons. The Morgan fingerprint density at radius 1 is 1.37 bits per heavy atom. The van der Waals surface area contributed by atoms with E-state index in [2.05, 4.69) is 17.1 Å². The molecule has 0 spiro atoms. The summed E-state index contributed by atoms with van der Waals surface area (Å²) < 4.78 is 13.6. The molecule has 1 N–H and O–H groups in total. The van der Waals surface area contributed by atoms with E-state index in [0.29, 0.717) is 17.1 Å². The molecule has 4 heteroatoms. The van der Waals surface area contributed by atoms with Gasteiger partial charge in [-0.15, -0.1) is 0 Å². The van der Waals surface area contributed by atoms with E-state index in [4.69, 9.17) is 11.6 Å². The minimum atomic E-state index is -0.221. The second kappa shape index (κ2) is 7.22. The highest BCUT2D eigenvalue weighted by molar-refractivity contribution is 6.30. The van der Waals surface area contributed by atoms with Crippen LogP contribution in [0, 0.1) is 11.7 Å². The number of piperidine rings is 1. The van der Waals surface area contributed by atoms with Gasteiger partial charge in [0.2, 0.25) is 0 Å². The van der Waals surface area contributed by atoms with Crippen LogP contribution in [-0.2, 0) is 6.54 Å². The van der Waals surface area contributed by atoms with E-state index in [9.17, 15) is 4.39 Å². The summed E-state index contributed by atoms with van der Waals surface area (Å²) in [6.45, 7) is 7.30. The zero-order chi connectivity index (χ0) is 13.7. The van der Waals surface area contributed by atoms with E-state index in [1.54, 1.807) is 12.1 Å². The van der Waals surface area contributed by atoms with Gasteiger partial charge in [-0.2, -0.15) is 0 Å². The highest BCUT2D eigenvalue weighted by Gasteiger charge is 2.17. The number of rotatable bonds is 5. The third kappa shape index (κ3) is 4.44. The fourth-order valence-electron chi connectivity index (χ4n) is 2.58. The van der Waals surface area contributed by atoms with E-state index in [-0.39, 0.29) is 5.82 Å². The maximum Gasteiger partial charge on any atom is 0.129 e. The van der Waals surface area contributed by atoms with Crippen LogP contribution in [-0.4, -0.2) is 31.1 Å². The largest absolute Gasteiger partial charge is 0.312 e. The summed E-state index contributed by atoms with van der Waals surface area (Å²) in [6.07, 6.45) is 2.48. The quantitative estimate of drug-likeness (QED) is 0.892. The van der Waals surface area contributed by atoms with Crippen molar-refractivity contribution in [1.82, 2.24) is 10.2 Å². The number of benzene rings is 1. The monoisotopic (exact) mass is 284 g/mol. The lowest BCUT2D eigenvalue weighted by Crippen LogP contribution is -2.37. The van der Waals surface area contributed by atoms with Gasteiger partial charge in [0.25, 0.3) is 0 Å².